The van der Waals surface area contributed by atoms with Crippen LogP contribution in [0.5, 0.6) is 0 Å². The SMILES string of the molecule is OC(c1ccc(Cl)s1)(c1ccc(Cl)s1)C1CN2CCC1CC2. The topological polar surface area (TPSA) is 23.5 Å². The summed E-state index contributed by atoms with van der Waals surface area (Å²) < 4.78 is 1.44. The van der Waals surface area contributed by atoms with Crippen molar-refractivity contribution in [2.75, 3.05) is 19.6 Å². The van der Waals surface area contributed by atoms with Gasteiger partial charge in [0.15, 0.2) is 0 Å². The summed E-state index contributed by atoms with van der Waals surface area (Å²) in [5.74, 6) is 0.774. The molecule has 2 bridgehead atoms. The lowest BCUT2D eigenvalue weighted by Crippen LogP contribution is -2.55. The van der Waals surface area contributed by atoms with E-state index in [-0.39, 0.29) is 5.92 Å². The van der Waals surface area contributed by atoms with Crippen molar-refractivity contribution < 1.29 is 5.11 Å². The fourth-order valence-electron chi connectivity index (χ4n) is 3.96. The lowest BCUT2D eigenvalue weighted by atomic mass is 9.69. The Morgan fingerprint density at radius 3 is 1.91 bits per heavy atom. The molecule has 5 rings (SSSR count). The summed E-state index contributed by atoms with van der Waals surface area (Å²) in [5, 5.41) is 11.8. The zero-order valence-corrected chi connectivity index (χ0v) is 15.1. The second-order valence-electron chi connectivity index (χ2n) is 6.22. The molecule has 3 aliphatic rings. The van der Waals surface area contributed by atoms with Gasteiger partial charge in [0.25, 0.3) is 0 Å². The van der Waals surface area contributed by atoms with Crippen molar-refractivity contribution in [1.82, 2.24) is 4.90 Å². The van der Waals surface area contributed by atoms with Crippen LogP contribution in [0.4, 0.5) is 0 Å². The Labute approximate surface area is 148 Å². The normalized spacial score (nSPS) is 28.2. The van der Waals surface area contributed by atoms with Gasteiger partial charge in [0.05, 0.1) is 8.67 Å². The largest absolute Gasteiger partial charge is 0.378 e. The van der Waals surface area contributed by atoms with Gasteiger partial charge in [0, 0.05) is 22.2 Å². The Bertz CT molecular complexity index is 635. The first-order valence-electron chi connectivity index (χ1n) is 7.53. The number of hydrogen-bond donors (Lipinski definition) is 1. The zero-order valence-electron chi connectivity index (χ0n) is 12.0. The van der Waals surface area contributed by atoms with Crippen LogP contribution in [0.15, 0.2) is 24.3 Å². The van der Waals surface area contributed by atoms with Crippen LogP contribution in [0.25, 0.3) is 0 Å². The monoisotopic (exact) mass is 373 g/mol. The molecule has 2 aromatic heterocycles. The summed E-state index contributed by atoms with van der Waals surface area (Å²) in [7, 11) is 0. The van der Waals surface area contributed by atoms with E-state index >= 15 is 0 Å². The first kappa shape index (κ1) is 15.4. The molecule has 1 atom stereocenters. The van der Waals surface area contributed by atoms with Crippen molar-refractivity contribution in [2.45, 2.75) is 18.4 Å². The number of aliphatic hydroxyl groups is 1. The van der Waals surface area contributed by atoms with Crippen LogP contribution in [-0.4, -0.2) is 29.6 Å². The number of nitrogens with zero attached hydrogens (tertiary/aromatic N) is 1. The molecule has 1 N–H and O–H groups in total. The second-order valence-corrected chi connectivity index (χ2v) is 9.65. The van der Waals surface area contributed by atoms with E-state index in [0.717, 1.165) is 38.1 Å². The second kappa shape index (κ2) is 5.76. The summed E-state index contributed by atoms with van der Waals surface area (Å²) in [6.45, 7) is 3.27. The minimum absolute atomic E-state index is 0.208. The van der Waals surface area contributed by atoms with E-state index in [1.165, 1.54) is 35.5 Å². The number of piperidine rings is 3. The Morgan fingerprint density at radius 1 is 1.00 bits per heavy atom. The number of thiophene rings is 2. The molecule has 6 heteroatoms. The number of hydrogen-bond acceptors (Lipinski definition) is 4. The van der Waals surface area contributed by atoms with Crippen LogP contribution < -0.4 is 0 Å². The molecule has 0 radical (unpaired) electrons. The van der Waals surface area contributed by atoms with Crippen LogP contribution >= 0.6 is 45.9 Å². The summed E-state index contributed by atoms with van der Waals surface area (Å²) >= 11 is 15.3. The van der Waals surface area contributed by atoms with E-state index < -0.39 is 5.60 Å². The molecular formula is C16H17Cl2NOS2. The van der Waals surface area contributed by atoms with E-state index in [1.54, 1.807) is 0 Å². The third kappa shape index (κ3) is 2.45. The molecule has 0 saturated carbocycles. The zero-order chi connectivity index (χ0) is 15.3. The van der Waals surface area contributed by atoms with Crippen molar-refractivity contribution in [2.24, 2.45) is 11.8 Å². The van der Waals surface area contributed by atoms with Gasteiger partial charge < -0.3 is 10.0 Å². The Morgan fingerprint density at radius 2 is 1.55 bits per heavy atom. The molecule has 2 nitrogen and oxygen atoms in total. The standard InChI is InChI=1S/C16H17Cl2NOS2/c17-14-3-1-12(21-14)16(20,13-2-4-15(18)22-13)11-9-19-7-5-10(11)6-8-19/h1-4,10-11,20H,5-9H2. The van der Waals surface area contributed by atoms with Gasteiger partial charge in [-0.3, -0.25) is 0 Å². The average molecular weight is 374 g/mol. The lowest BCUT2D eigenvalue weighted by Gasteiger charge is -2.50. The molecule has 22 heavy (non-hydrogen) atoms. The van der Waals surface area contributed by atoms with Gasteiger partial charge in [-0.25, -0.2) is 0 Å². The van der Waals surface area contributed by atoms with Gasteiger partial charge in [-0.2, -0.15) is 0 Å². The van der Waals surface area contributed by atoms with Gasteiger partial charge in [0.2, 0.25) is 0 Å². The maximum Gasteiger partial charge on any atom is 0.137 e. The third-order valence-corrected chi connectivity index (χ3v) is 7.80. The van der Waals surface area contributed by atoms with Crippen LogP contribution in [0.2, 0.25) is 8.67 Å². The van der Waals surface area contributed by atoms with E-state index in [1.807, 2.05) is 24.3 Å². The highest BCUT2D eigenvalue weighted by atomic mass is 35.5. The smallest absolute Gasteiger partial charge is 0.137 e. The fraction of sp³-hybridized carbons (Fsp3) is 0.500. The molecule has 118 valence electrons. The Kier molecular flexibility index (Phi) is 4.04. The molecule has 1 unspecified atom stereocenters. The van der Waals surface area contributed by atoms with Crippen LogP contribution in [0.3, 0.4) is 0 Å². The van der Waals surface area contributed by atoms with Gasteiger partial charge in [0.1, 0.15) is 5.60 Å². The molecule has 5 heterocycles. The van der Waals surface area contributed by atoms with E-state index in [9.17, 15) is 5.11 Å². The number of fused-ring (bicyclic) bond motifs is 3. The Hall–Kier alpha value is -0.100. The maximum atomic E-state index is 11.8. The quantitative estimate of drug-likeness (QED) is 0.842. The van der Waals surface area contributed by atoms with Crippen LogP contribution in [0, 0.1) is 11.8 Å². The first-order chi connectivity index (χ1) is 10.6. The molecule has 0 aromatic carbocycles. The predicted molar refractivity (Wildman–Crippen MR) is 94.3 cm³/mol. The minimum Gasteiger partial charge on any atom is -0.378 e. The average Bonchev–Trinajstić information content (AvgIpc) is 3.17. The van der Waals surface area contributed by atoms with Gasteiger partial charge in [-0.1, -0.05) is 23.2 Å². The van der Waals surface area contributed by atoms with Crippen molar-refractivity contribution in [3.63, 3.8) is 0 Å². The lowest BCUT2D eigenvalue weighted by molar-refractivity contribution is -0.0725. The van der Waals surface area contributed by atoms with Gasteiger partial charge in [-0.05, 0) is 56.1 Å². The van der Waals surface area contributed by atoms with Crippen molar-refractivity contribution in [1.29, 1.82) is 0 Å². The van der Waals surface area contributed by atoms with Crippen molar-refractivity contribution in [3.05, 3.63) is 42.7 Å². The highest BCUT2D eigenvalue weighted by Crippen LogP contribution is 2.51. The van der Waals surface area contributed by atoms with Crippen molar-refractivity contribution in [3.8, 4) is 0 Å². The minimum atomic E-state index is -0.973. The van der Waals surface area contributed by atoms with Crippen molar-refractivity contribution >= 4 is 45.9 Å². The maximum absolute atomic E-state index is 11.8. The number of halogens is 2. The van der Waals surface area contributed by atoms with E-state index in [4.69, 9.17) is 23.2 Å². The molecule has 0 amide bonds. The summed E-state index contributed by atoms with van der Waals surface area (Å²) in [6.07, 6.45) is 2.34. The molecule has 3 saturated heterocycles. The summed E-state index contributed by atoms with van der Waals surface area (Å²) in [4.78, 5) is 4.35. The first-order valence-corrected chi connectivity index (χ1v) is 9.92. The molecular weight excluding hydrogens is 357 g/mol. The van der Waals surface area contributed by atoms with Gasteiger partial charge >= 0.3 is 0 Å². The molecule has 3 aliphatic heterocycles. The molecule has 3 fully saturated rings. The number of rotatable bonds is 3. The Balaban J connectivity index is 1.81. The van der Waals surface area contributed by atoms with Crippen LogP contribution in [-0.2, 0) is 5.60 Å². The van der Waals surface area contributed by atoms with E-state index in [0.29, 0.717) is 5.92 Å². The molecule has 0 spiro atoms. The highest BCUT2D eigenvalue weighted by molar-refractivity contribution is 7.17. The summed E-state index contributed by atoms with van der Waals surface area (Å²) in [6, 6.07) is 7.70. The summed E-state index contributed by atoms with van der Waals surface area (Å²) in [5.41, 5.74) is -0.973. The predicted octanol–water partition coefficient (Wildman–Crippen LogP) is 4.69. The highest BCUT2D eigenvalue weighted by Gasteiger charge is 2.50. The third-order valence-electron chi connectivity index (χ3n) is 5.09. The van der Waals surface area contributed by atoms with Gasteiger partial charge in [-0.15, -0.1) is 22.7 Å². The van der Waals surface area contributed by atoms with Crippen LogP contribution in [0.1, 0.15) is 22.6 Å². The fourth-order valence-corrected chi connectivity index (χ4v) is 6.45. The molecule has 2 aromatic rings. The molecule has 0 aliphatic carbocycles. The van der Waals surface area contributed by atoms with E-state index in [2.05, 4.69) is 4.90 Å².